The van der Waals surface area contributed by atoms with E-state index in [2.05, 4.69) is 16.7 Å². The first-order chi connectivity index (χ1) is 7.27. The molecule has 15 heavy (non-hydrogen) atoms. The molecule has 4 nitrogen and oxygen atoms in total. The fraction of sp³-hybridized carbons (Fsp3) is 0.273. The zero-order chi connectivity index (χ0) is 11.1. The maximum atomic E-state index is 11.3. The van der Waals surface area contributed by atoms with Crippen molar-refractivity contribution >= 4 is 5.97 Å². The van der Waals surface area contributed by atoms with E-state index >= 15 is 0 Å². The summed E-state index contributed by atoms with van der Waals surface area (Å²) in [5, 5.41) is 0. The van der Waals surface area contributed by atoms with Crippen LogP contribution in [0.25, 0.3) is 0 Å². The topological polar surface area (TPSA) is 44.8 Å². The van der Waals surface area contributed by atoms with E-state index in [0.717, 1.165) is 0 Å². The van der Waals surface area contributed by atoms with E-state index < -0.39 is 5.97 Å². The van der Waals surface area contributed by atoms with Crippen molar-refractivity contribution in [3.63, 3.8) is 0 Å². The van der Waals surface area contributed by atoms with Gasteiger partial charge in [0.25, 0.3) is 0 Å². The number of rotatable bonds is 5. The van der Waals surface area contributed by atoms with Gasteiger partial charge in [-0.3, -0.25) is 4.89 Å². The van der Waals surface area contributed by atoms with Crippen LogP contribution in [-0.2, 0) is 9.78 Å². The Morgan fingerprint density at radius 3 is 2.53 bits per heavy atom. The van der Waals surface area contributed by atoms with Crippen molar-refractivity contribution in [1.82, 2.24) is 0 Å². The first-order valence-corrected chi connectivity index (χ1v) is 4.63. The summed E-state index contributed by atoms with van der Waals surface area (Å²) in [7, 11) is 0. The molecule has 0 amide bonds. The van der Waals surface area contributed by atoms with Crippen LogP contribution < -0.4 is 4.74 Å². The molecule has 0 bridgehead atoms. The standard InChI is InChI=1S/C11H13O4/c1-3-13-10-7-5-9(6-8-10)11(12)15-14-4-2/h5-8H,2-4H2,1H3. The molecule has 0 N–H and O–H groups in total. The second-order valence-electron chi connectivity index (χ2n) is 2.65. The smallest absolute Gasteiger partial charge is 0.373 e. The first kappa shape index (κ1) is 11.5. The SMILES string of the molecule is [CH2]COOC(=O)c1ccc(OCC)cc1. The lowest BCUT2D eigenvalue weighted by Crippen LogP contribution is -2.05. The van der Waals surface area contributed by atoms with Crippen LogP contribution in [0.2, 0.25) is 0 Å². The van der Waals surface area contributed by atoms with Gasteiger partial charge in [0.15, 0.2) is 0 Å². The lowest BCUT2D eigenvalue weighted by molar-refractivity contribution is -0.232. The van der Waals surface area contributed by atoms with Gasteiger partial charge >= 0.3 is 5.97 Å². The Bertz CT molecular complexity index is 305. The minimum atomic E-state index is -0.540. The molecule has 1 rings (SSSR count). The van der Waals surface area contributed by atoms with Gasteiger partial charge in [0, 0.05) is 0 Å². The zero-order valence-electron chi connectivity index (χ0n) is 8.56. The van der Waals surface area contributed by atoms with Crippen molar-refractivity contribution in [2.75, 3.05) is 13.2 Å². The largest absolute Gasteiger partial charge is 0.494 e. The third-order valence-electron chi connectivity index (χ3n) is 1.62. The summed E-state index contributed by atoms with van der Waals surface area (Å²) in [4.78, 5) is 20.1. The summed E-state index contributed by atoms with van der Waals surface area (Å²) < 4.78 is 5.23. The predicted octanol–water partition coefficient (Wildman–Crippen LogP) is 2.01. The normalized spacial score (nSPS) is 9.73. The van der Waals surface area contributed by atoms with Gasteiger partial charge in [0.2, 0.25) is 0 Å². The highest BCUT2D eigenvalue weighted by Crippen LogP contribution is 2.12. The average Bonchev–Trinajstić information content (AvgIpc) is 2.27. The Morgan fingerprint density at radius 1 is 1.33 bits per heavy atom. The molecule has 4 heteroatoms. The lowest BCUT2D eigenvalue weighted by atomic mass is 10.2. The van der Waals surface area contributed by atoms with Crippen molar-refractivity contribution in [2.24, 2.45) is 0 Å². The molecular formula is C11H13O4. The molecule has 0 aliphatic heterocycles. The van der Waals surface area contributed by atoms with Crippen LogP contribution >= 0.6 is 0 Å². The predicted molar refractivity (Wildman–Crippen MR) is 54.3 cm³/mol. The third kappa shape index (κ3) is 3.59. The van der Waals surface area contributed by atoms with Crippen molar-refractivity contribution in [1.29, 1.82) is 0 Å². The zero-order valence-corrected chi connectivity index (χ0v) is 8.56. The van der Waals surface area contributed by atoms with Crippen LogP contribution in [0.15, 0.2) is 24.3 Å². The molecule has 0 aromatic heterocycles. The van der Waals surface area contributed by atoms with Crippen LogP contribution in [0.4, 0.5) is 0 Å². The summed E-state index contributed by atoms with van der Waals surface area (Å²) in [5.74, 6) is 0.175. The molecule has 0 heterocycles. The minimum Gasteiger partial charge on any atom is -0.494 e. The van der Waals surface area contributed by atoms with Crippen LogP contribution in [0.1, 0.15) is 17.3 Å². The monoisotopic (exact) mass is 209 g/mol. The molecule has 1 aromatic rings. The molecule has 0 saturated carbocycles. The van der Waals surface area contributed by atoms with E-state index in [1.807, 2.05) is 6.92 Å². The van der Waals surface area contributed by atoms with Crippen LogP contribution in [0.3, 0.4) is 0 Å². The molecule has 81 valence electrons. The van der Waals surface area contributed by atoms with Crippen molar-refractivity contribution in [2.45, 2.75) is 6.92 Å². The highest BCUT2D eigenvalue weighted by atomic mass is 17.2. The maximum absolute atomic E-state index is 11.3. The van der Waals surface area contributed by atoms with E-state index in [9.17, 15) is 4.79 Å². The molecule has 0 atom stereocenters. The fourth-order valence-corrected chi connectivity index (χ4v) is 0.997. The summed E-state index contributed by atoms with van der Waals surface area (Å²) in [5.41, 5.74) is 0.409. The highest BCUT2D eigenvalue weighted by Gasteiger charge is 2.07. The van der Waals surface area contributed by atoms with E-state index in [1.165, 1.54) is 0 Å². The number of hydrogen-bond donors (Lipinski definition) is 0. The van der Waals surface area contributed by atoms with E-state index in [0.29, 0.717) is 17.9 Å². The van der Waals surface area contributed by atoms with Gasteiger partial charge in [-0.1, -0.05) is 0 Å². The number of ether oxygens (including phenoxy) is 1. The van der Waals surface area contributed by atoms with Crippen LogP contribution in [0, 0.1) is 6.92 Å². The van der Waals surface area contributed by atoms with Crippen molar-refractivity contribution in [3.05, 3.63) is 36.8 Å². The van der Waals surface area contributed by atoms with Crippen LogP contribution in [0.5, 0.6) is 5.75 Å². The average molecular weight is 209 g/mol. The van der Waals surface area contributed by atoms with Gasteiger partial charge in [0.05, 0.1) is 18.8 Å². The highest BCUT2D eigenvalue weighted by molar-refractivity contribution is 5.89. The summed E-state index contributed by atoms with van der Waals surface area (Å²) in [6.07, 6.45) is 0. The van der Waals surface area contributed by atoms with Crippen LogP contribution in [-0.4, -0.2) is 19.2 Å². The number of carbonyl (C=O) groups is 1. The molecule has 0 unspecified atom stereocenters. The van der Waals surface area contributed by atoms with Gasteiger partial charge < -0.3 is 4.74 Å². The third-order valence-corrected chi connectivity index (χ3v) is 1.62. The van der Waals surface area contributed by atoms with E-state index in [-0.39, 0.29) is 6.61 Å². The molecule has 0 saturated heterocycles. The molecule has 0 aliphatic carbocycles. The number of hydrogen-bond acceptors (Lipinski definition) is 4. The van der Waals surface area contributed by atoms with Gasteiger partial charge in [0.1, 0.15) is 5.75 Å². The molecule has 0 aliphatic rings. The Morgan fingerprint density at radius 2 is 2.00 bits per heavy atom. The molecule has 1 aromatic carbocycles. The Hall–Kier alpha value is -1.55. The van der Waals surface area contributed by atoms with Gasteiger partial charge in [-0.05, 0) is 38.1 Å². The first-order valence-electron chi connectivity index (χ1n) is 4.63. The summed E-state index contributed by atoms with van der Waals surface area (Å²) in [6.45, 7) is 5.94. The second kappa shape index (κ2) is 6.03. The molecule has 1 radical (unpaired) electrons. The Kier molecular flexibility index (Phi) is 4.63. The fourth-order valence-electron chi connectivity index (χ4n) is 0.997. The number of carbonyl (C=O) groups excluding carboxylic acids is 1. The molecular weight excluding hydrogens is 196 g/mol. The quantitative estimate of drug-likeness (QED) is 0.549. The number of benzene rings is 1. The van der Waals surface area contributed by atoms with E-state index in [4.69, 9.17) is 4.74 Å². The van der Waals surface area contributed by atoms with Gasteiger partial charge in [-0.15, -0.1) is 0 Å². The Balaban J connectivity index is 2.58. The lowest BCUT2D eigenvalue weighted by Gasteiger charge is -2.04. The molecule has 0 fully saturated rings. The van der Waals surface area contributed by atoms with Crippen molar-refractivity contribution in [3.8, 4) is 5.75 Å². The summed E-state index contributed by atoms with van der Waals surface area (Å²) in [6, 6.07) is 6.62. The van der Waals surface area contributed by atoms with E-state index in [1.54, 1.807) is 24.3 Å². The Labute approximate surface area is 88.7 Å². The maximum Gasteiger partial charge on any atom is 0.373 e. The van der Waals surface area contributed by atoms with Gasteiger partial charge in [-0.25, -0.2) is 4.79 Å². The molecule has 0 spiro atoms. The van der Waals surface area contributed by atoms with Crippen molar-refractivity contribution < 1.29 is 19.3 Å². The second-order valence-corrected chi connectivity index (χ2v) is 2.65. The van der Waals surface area contributed by atoms with Gasteiger partial charge in [-0.2, -0.15) is 4.89 Å². The summed E-state index contributed by atoms with van der Waals surface area (Å²) >= 11 is 0. The minimum absolute atomic E-state index is 0.0861.